The zero-order chi connectivity index (χ0) is 9.84. The number of ether oxygens (including phenoxy) is 1. The fourth-order valence-corrected chi connectivity index (χ4v) is 1.70. The van der Waals surface area contributed by atoms with Crippen LogP contribution >= 0.6 is 11.3 Å². The summed E-state index contributed by atoms with van der Waals surface area (Å²) >= 11 is 1.54. The number of aryl methyl sites for hydroxylation is 2. The highest BCUT2D eigenvalue weighted by Gasteiger charge is 2.04. The van der Waals surface area contributed by atoms with E-state index in [0.717, 1.165) is 15.6 Å². The standard InChI is InChI=1S/C8H11NO3S/c1-5-6(2)13-7(9-5)3-12-4-8(10)11/h3-4H2,1-2H3,(H,10,11). The average molecular weight is 201 g/mol. The summed E-state index contributed by atoms with van der Waals surface area (Å²) in [6.45, 7) is 3.92. The second kappa shape index (κ2) is 4.34. The quantitative estimate of drug-likeness (QED) is 0.799. The van der Waals surface area contributed by atoms with Crippen molar-refractivity contribution in [1.29, 1.82) is 0 Å². The van der Waals surface area contributed by atoms with Gasteiger partial charge < -0.3 is 9.84 Å². The molecule has 0 aromatic carbocycles. The molecule has 0 fully saturated rings. The first-order valence-electron chi connectivity index (χ1n) is 3.82. The van der Waals surface area contributed by atoms with Crippen LogP contribution < -0.4 is 0 Å². The number of thiazole rings is 1. The minimum Gasteiger partial charge on any atom is -0.480 e. The molecule has 0 saturated heterocycles. The van der Waals surface area contributed by atoms with Gasteiger partial charge in [0.05, 0.1) is 12.3 Å². The van der Waals surface area contributed by atoms with Gasteiger partial charge >= 0.3 is 5.97 Å². The molecule has 0 aliphatic heterocycles. The number of nitrogens with zero attached hydrogens (tertiary/aromatic N) is 1. The second-order valence-corrected chi connectivity index (χ2v) is 3.92. The van der Waals surface area contributed by atoms with E-state index < -0.39 is 5.97 Å². The van der Waals surface area contributed by atoms with Gasteiger partial charge in [-0.25, -0.2) is 9.78 Å². The number of carboxylic acids is 1. The third kappa shape index (κ3) is 3.12. The molecular formula is C8H11NO3S. The lowest BCUT2D eigenvalue weighted by Crippen LogP contribution is -2.06. The van der Waals surface area contributed by atoms with Crippen molar-refractivity contribution in [2.45, 2.75) is 20.5 Å². The molecule has 1 N–H and O–H groups in total. The zero-order valence-electron chi connectivity index (χ0n) is 7.53. The molecule has 0 amide bonds. The fraction of sp³-hybridized carbons (Fsp3) is 0.500. The van der Waals surface area contributed by atoms with Crippen LogP contribution in [0, 0.1) is 13.8 Å². The molecule has 1 aromatic rings. The molecule has 1 aromatic heterocycles. The topological polar surface area (TPSA) is 59.4 Å². The summed E-state index contributed by atoms with van der Waals surface area (Å²) in [7, 11) is 0. The second-order valence-electron chi connectivity index (χ2n) is 2.64. The molecular weight excluding hydrogens is 190 g/mol. The number of rotatable bonds is 4. The summed E-state index contributed by atoms with van der Waals surface area (Å²) in [4.78, 5) is 15.5. The number of carbonyl (C=O) groups is 1. The van der Waals surface area contributed by atoms with Gasteiger partial charge in [0.25, 0.3) is 0 Å². The van der Waals surface area contributed by atoms with Crippen molar-refractivity contribution in [3.8, 4) is 0 Å². The normalized spacial score (nSPS) is 10.3. The Hall–Kier alpha value is -0.940. The molecule has 72 valence electrons. The van der Waals surface area contributed by atoms with Crippen molar-refractivity contribution in [2.24, 2.45) is 0 Å². The number of hydrogen-bond acceptors (Lipinski definition) is 4. The number of aliphatic carboxylic acids is 1. The number of carboxylic acid groups (broad SMARTS) is 1. The van der Waals surface area contributed by atoms with Crippen molar-refractivity contribution in [3.05, 3.63) is 15.6 Å². The molecule has 0 aliphatic rings. The van der Waals surface area contributed by atoms with Gasteiger partial charge in [0.15, 0.2) is 0 Å². The van der Waals surface area contributed by atoms with Crippen molar-refractivity contribution < 1.29 is 14.6 Å². The molecule has 4 nitrogen and oxygen atoms in total. The van der Waals surface area contributed by atoms with E-state index in [2.05, 4.69) is 4.98 Å². The monoisotopic (exact) mass is 201 g/mol. The first-order valence-corrected chi connectivity index (χ1v) is 4.63. The maximum absolute atomic E-state index is 10.1. The fourth-order valence-electron chi connectivity index (χ4n) is 0.827. The SMILES string of the molecule is Cc1nc(COCC(=O)O)sc1C. The van der Waals surface area contributed by atoms with Crippen LogP contribution in [-0.2, 0) is 16.1 Å². The van der Waals surface area contributed by atoms with Gasteiger partial charge in [0.1, 0.15) is 11.6 Å². The summed E-state index contributed by atoms with van der Waals surface area (Å²) in [5.74, 6) is -0.954. The van der Waals surface area contributed by atoms with Gasteiger partial charge in [0.2, 0.25) is 0 Å². The maximum atomic E-state index is 10.1. The molecule has 0 saturated carbocycles. The predicted molar refractivity (Wildman–Crippen MR) is 48.9 cm³/mol. The Labute approximate surface area is 80.2 Å². The summed E-state index contributed by atoms with van der Waals surface area (Å²) < 4.78 is 4.90. The molecule has 1 heterocycles. The van der Waals surface area contributed by atoms with Crippen LogP contribution in [0.25, 0.3) is 0 Å². The number of hydrogen-bond donors (Lipinski definition) is 1. The smallest absolute Gasteiger partial charge is 0.329 e. The van der Waals surface area contributed by atoms with Crippen molar-refractivity contribution >= 4 is 17.3 Å². The molecule has 5 heteroatoms. The van der Waals surface area contributed by atoms with Crippen LogP contribution in [0.4, 0.5) is 0 Å². The summed E-state index contributed by atoms with van der Waals surface area (Å²) in [6.07, 6.45) is 0. The predicted octanol–water partition coefficient (Wildman–Crippen LogP) is 1.36. The minimum atomic E-state index is -0.954. The lowest BCUT2D eigenvalue weighted by molar-refractivity contribution is -0.142. The Morgan fingerprint density at radius 1 is 1.62 bits per heavy atom. The van der Waals surface area contributed by atoms with E-state index in [-0.39, 0.29) is 13.2 Å². The Morgan fingerprint density at radius 2 is 2.31 bits per heavy atom. The van der Waals surface area contributed by atoms with E-state index in [1.165, 1.54) is 11.3 Å². The first kappa shape index (κ1) is 10.1. The molecule has 0 radical (unpaired) electrons. The maximum Gasteiger partial charge on any atom is 0.329 e. The van der Waals surface area contributed by atoms with Crippen molar-refractivity contribution in [1.82, 2.24) is 4.98 Å². The van der Waals surface area contributed by atoms with Crippen LogP contribution in [0.15, 0.2) is 0 Å². The summed E-state index contributed by atoms with van der Waals surface area (Å²) in [6, 6.07) is 0. The van der Waals surface area contributed by atoms with Gasteiger partial charge in [-0.2, -0.15) is 0 Å². The van der Waals surface area contributed by atoms with E-state index in [1.807, 2.05) is 13.8 Å². The van der Waals surface area contributed by atoms with Crippen LogP contribution in [-0.4, -0.2) is 22.7 Å². The van der Waals surface area contributed by atoms with Gasteiger partial charge in [-0.3, -0.25) is 0 Å². The summed E-state index contributed by atoms with van der Waals surface area (Å²) in [5.41, 5.74) is 0.985. The summed E-state index contributed by atoms with van der Waals surface area (Å²) in [5, 5.41) is 9.14. The first-order chi connectivity index (χ1) is 6.09. The van der Waals surface area contributed by atoms with Crippen molar-refractivity contribution in [2.75, 3.05) is 6.61 Å². The molecule has 13 heavy (non-hydrogen) atoms. The largest absolute Gasteiger partial charge is 0.480 e. The highest BCUT2D eigenvalue weighted by molar-refractivity contribution is 7.11. The molecule has 0 unspecified atom stereocenters. The average Bonchev–Trinajstić information content (AvgIpc) is 2.30. The lowest BCUT2D eigenvalue weighted by Gasteiger charge is -1.95. The minimum absolute atomic E-state index is 0.266. The lowest BCUT2D eigenvalue weighted by atomic mass is 10.4. The molecule has 1 rings (SSSR count). The van der Waals surface area contributed by atoms with Gasteiger partial charge in [-0.05, 0) is 13.8 Å². The van der Waals surface area contributed by atoms with E-state index in [0.29, 0.717) is 0 Å². The van der Waals surface area contributed by atoms with Gasteiger partial charge in [0, 0.05) is 4.88 Å². The number of aromatic nitrogens is 1. The van der Waals surface area contributed by atoms with Crippen molar-refractivity contribution in [3.63, 3.8) is 0 Å². The molecule has 0 bridgehead atoms. The van der Waals surface area contributed by atoms with E-state index in [1.54, 1.807) is 0 Å². The van der Waals surface area contributed by atoms with E-state index in [9.17, 15) is 4.79 Å². The Morgan fingerprint density at radius 3 is 2.77 bits per heavy atom. The zero-order valence-corrected chi connectivity index (χ0v) is 8.35. The van der Waals surface area contributed by atoms with E-state index in [4.69, 9.17) is 9.84 Å². The van der Waals surface area contributed by atoms with Gasteiger partial charge in [-0.1, -0.05) is 0 Å². The third-order valence-electron chi connectivity index (χ3n) is 1.52. The van der Waals surface area contributed by atoms with Crippen LogP contribution in [0.5, 0.6) is 0 Å². The van der Waals surface area contributed by atoms with E-state index >= 15 is 0 Å². The Balaban J connectivity index is 2.41. The third-order valence-corrected chi connectivity index (χ3v) is 2.57. The molecule has 0 atom stereocenters. The molecule has 0 spiro atoms. The van der Waals surface area contributed by atoms with Gasteiger partial charge in [-0.15, -0.1) is 11.3 Å². The van der Waals surface area contributed by atoms with Crippen LogP contribution in [0.1, 0.15) is 15.6 Å². The molecule has 0 aliphatic carbocycles. The Bertz CT molecular complexity index is 289. The van der Waals surface area contributed by atoms with Crippen LogP contribution in [0.2, 0.25) is 0 Å². The Kier molecular flexibility index (Phi) is 3.39. The van der Waals surface area contributed by atoms with Crippen LogP contribution in [0.3, 0.4) is 0 Å². The highest BCUT2D eigenvalue weighted by atomic mass is 32.1. The highest BCUT2D eigenvalue weighted by Crippen LogP contribution is 2.16.